The zero-order chi connectivity index (χ0) is 13.4. The van der Waals surface area contributed by atoms with Crippen LogP contribution in [-0.4, -0.2) is 27.4 Å². The molecule has 0 aromatic heterocycles. The molecule has 3 N–H and O–H groups in total. The molecule has 1 unspecified atom stereocenters. The van der Waals surface area contributed by atoms with Crippen molar-refractivity contribution in [1.29, 1.82) is 0 Å². The Morgan fingerprint density at radius 1 is 1.31 bits per heavy atom. The maximum Gasteiger partial charge on any atom is 0.305 e. The van der Waals surface area contributed by atoms with Gasteiger partial charge in [-0.3, -0.25) is 4.79 Å². The van der Waals surface area contributed by atoms with Gasteiger partial charge >= 0.3 is 5.97 Å². The third kappa shape index (κ3) is 15.3. The Balaban J connectivity index is 0. The van der Waals surface area contributed by atoms with E-state index < -0.39 is 12.1 Å². The average molecular weight is 230 g/mol. The first-order valence-electron chi connectivity index (χ1n) is 5.15. The molecule has 0 aliphatic rings. The Hall–Kier alpha value is -1.21. The van der Waals surface area contributed by atoms with E-state index >= 15 is 0 Å². The molecule has 0 bridgehead atoms. The molecule has 0 fully saturated rings. The lowest BCUT2D eigenvalue weighted by molar-refractivity contribution is -0.140. The predicted octanol–water partition coefficient (Wildman–Crippen LogP) is 1.84. The molecular formula is C12H22O4. The van der Waals surface area contributed by atoms with Crippen LogP contribution in [0.15, 0.2) is 0 Å². The van der Waals surface area contributed by atoms with E-state index in [1.54, 1.807) is 20.0 Å². The van der Waals surface area contributed by atoms with Gasteiger partial charge in [-0.25, -0.2) is 0 Å². The van der Waals surface area contributed by atoms with Crippen molar-refractivity contribution >= 4 is 5.97 Å². The molecule has 1 atom stereocenters. The monoisotopic (exact) mass is 230 g/mol. The van der Waals surface area contributed by atoms with Crippen LogP contribution in [0, 0.1) is 23.4 Å². The van der Waals surface area contributed by atoms with Crippen LogP contribution in [0.1, 0.15) is 41.0 Å². The van der Waals surface area contributed by atoms with Crippen LogP contribution in [0.3, 0.4) is 0 Å². The zero-order valence-corrected chi connectivity index (χ0v) is 10.6. The Bertz CT molecular complexity index is 252. The summed E-state index contributed by atoms with van der Waals surface area (Å²) >= 11 is 0. The first-order chi connectivity index (χ1) is 7.10. The number of carboxylic acid groups (broad SMARTS) is 1. The minimum atomic E-state index is -0.741. The number of carbonyl (C=O) groups is 1. The van der Waals surface area contributed by atoms with Gasteiger partial charge in [0.25, 0.3) is 0 Å². The molecule has 0 saturated carbocycles. The second-order valence-electron chi connectivity index (χ2n) is 5.03. The van der Waals surface area contributed by atoms with E-state index in [2.05, 4.69) is 5.92 Å². The van der Waals surface area contributed by atoms with Gasteiger partial charge in [0.15, 0.2) is 0 Å². The van der Waals surface area contributed by atoms with Crippen molar-refractivity contribution < 1.29 is 20.1 Å². The van der Waals surface area contributed by atoms with E-state index in [0.29, 0.717) is 6.42 Å². The normalized spacial score (nSPS) is 11.9. The number of rotatable bonds is 2. The van der Waals surface area contributed by atoms with E-state index in [4.69, 9.17) is 15.3 Å². The first-order valence-corrected chi connectivity index (χ1v) is 5.15. The van der Waals surface area contributed by atoms with Crippen LogP contribution in [0.25, 0.3) is 0 Å². The predicted molar refractivity (Wildman–Crippen MR) is 62.3 cm³/mol. The molecule has 94 valence electrons. The summed E-state index contributed by atoms with van der Waals surface area (Å²) in [5.41, 5.74) is 0.0588. The van der Waals surface area contributed by atoms with Crippen molar-refractivity contribution in [2.75, 3.05) is 0 Å². The number of hydrogen-bond donors (Lipinski definition) is 3. The summed E-state index contributed by atoms with van der Waals surface area (Å²) in [6, 6.07) is 0. The molecule has 0 aliphatic heterocycles. The van der Waals surface area contributed by atoms with Crippen LogP contribution in [0.2, 0.25) is 0 Å². The molecule has 0 rings (SSSR count). The molecule has 0 radical (unpaired) electrons. The van der Waals surface area contributed by atoms with Gasteiger partial charge < -0.3 is 15.3 Å². The minimum Gasteiger partial charge on any atom is -0.481 e. The van der Waals surface area contributed by atoms with Crippen molar-refractivity contribution in [2.45, 2.75) is 47.1 Å². The maximum atomic E-state index is 9.70. The molecular weight excluding hydrogens is 208 g/mol. The molecule has 0 aliphatic carbocycles. The van der Waals surface area contributed by atoms with E-state index in [1.165, 1.54) is 0 Å². The average Bonchev–Trinajstić information content (AvgIpc) is 2.01. The lowest BCUT2D eigenvalue weighted by Gasteiger charge is -2.18. The number of aliphatic hydroxyl groups is 2. The third-order valence-corrected chi connectivity index (χ3v) is 1.53. The van der Waals surface area contributed by atoms with Crippen molar-refractivity contribution in [2.24, 2.45) is 11.3 Å². The summed E-state index contributed by atoms with van der Waals surface area (Å²) in [5, 5.41) is 25.2. The van der Waals surface area contributed by atoms with E-state index in [1.807, 2.05) is 20.8 Å². The van der Waals surface area contributed by atoms with Crippen LogP contribution >= 0.6 is 0 Å². The summed E-state index contributed by atoms with van der Waals surface area (Å²) in [7, 11) is 0. The lowest BCUT2D eigenvalue weighted by Crippen LogP contribution is -2.15. The molecule has 0 aromatic carbocycles. The molecule has 16 heavy (non-hydrogen) atoms. The van der Waals surface area contributed by atoms with E-state index in [-0.39, 0.29) is 11.3 Å². The fourth-order valence-corrected chi connectivity index (χ4v) is 0.706. The van der Waals surface area contributed by atoms with Crippen molar-refractivity contribution in [3.8, 4) is 12.0 Å². The third-order valence-electron chi connectivity index (χ3n) is 1.53. The largest absolute Gasteiger partial charge is 0.481 e. The van der Waals surface area contributed by atoms with Crippen molar-refractivity contribution in [1.82, 2.24) is 0 Å². The van der Waals surface area contributed by atoms with Gasteiger partial charge in [-0.2, -0.15) is 0 Å². The molecule has 0 heterocycles. The minimum absolute atomic E-state index is 0.0588. The van der Waals surface area contributed by atoms with Gasteiger partial charge in [0.1, 0.15) is 12.2 Å². The van der Waals surface area contributed by atoms with Crippen LogP contribution in [0.5, 0.6) is 0 Å². The Morgan fingerprint density at radius 2 is 1.69 bits per heavy atom. The van der Waals surface area contributed by atoms with Gasteiger partial charge in [-0.15, -0.1) is 0 Å². The number of carboxylic acids is 1. The number of aliphatic carboxylic acids is 1. The summed E-state index contributed by atoms with van der Waals surface area (Å²) in [4.78, 5) is 9.70. The Labute approximate surface area is 97.3 Å². The fourth-order valence-electron chi connectivity index (χ4n) is 0.706. The van der Waals surface area contributed by atoms with Gasteiger partial charge in [-0.1, -0.05) is 34.6 Å². The van der Waals surface area contributed by atoms with Gasteiger partial charge in [0.2, 0.25) is 0 Å². The summed E-state index contributed by atoms with van der Waals surface area (Å²) < 4.78 is 0. The maximum absolute atomic E-state index is 9.70. The standard InChI is InChI=1S/C8H14O2.C4H8O2/c1-8(2,3)6-7(10)4-5-9;1-3(2)4(5)6/h7,9-10H,6H2,1-3H3;3H,1-2H3,(H,5,6). The SMILES string of the molecule is CC(C)(C)CC(O)C#CO.CC(C)C(=O)O. The van der Waals surface area contributed by atoms with Crippen LogP contribution in [0.4, 0.5) is 0 Å². The molecule has 4 heteroatoms. The second kappa shape index (κ2) is 8.00. The molecule has 4 nitrogen and oxygen atoms in total. The van der Waals surface area contributed by atoms with Crippen molar-refractivity contribution in [3.63, 3.8) is 0 Å². The number of aliphatic hydroxyl groups excluding tert-OH is 2. The van der Waals surface area contributed by atoms with Gasteiger partial charge in [-0.05, 0) is 17.8 Å². The lowest BCUT2D eigenvalue weighted by atomic mass is 9.89. The first kappa shape index (κ1) is 17.2. The van der Waals surface area contributed by atoms with Crippen LogP contribution in [-0.2, 0) is 4.79 Å². The highest BCUT2D eigenvalue weighted by molar-refractivity contribution is 5.68. The van der Waals surface area contributed by atoms with Crippen LogP contribution < -0.4 is 0 Å². The van der Waals surface area contributed by atoms with E-state index in [9.17, 15) is 4.79 Å². The Kier molecular flexibility index (Phi) is 8.60. The quantitative estimate of drug-likeness (QED) is 0.632. The summed E-state index contributed by atoms with van der Waals surface area (Å²) in [5.74, 6) is 1.29. The molecule has 0 saturated heterocycles. The van der Waals surface area contributed by atoms with Gasteiger partial charge in [0, 0.05) is 0 Å². The summed E-state index contributed by atoms with van der Waals surface area (Å²) in [6.07, 6.45) is 1.57. The van der Waals surface area contributed by atoms with Gasteiger partial charge in [0.05, 0.1) is 5.92 Å². The topological polar surface area (TPSA) is 77.8 Å². The highest BCUT2D eigenvalue weighted by Gasteiger charge is 2.14. The zero-order valence-electron chi connectivity index (χ0n) is 10.6. The van der Waals surface area contributed by atoms with E-state index in [0.717, 1.165) is 0 Å². The molecule has 0 amide bonds. The highest BCUT2D eigenvalue weighted by atomic mass is 16.4. The Morgan fingerprint density at radius 3 is 1.88 bits per heavy atom. The highest BCUT2D eigenvalue weighted by Crippen LogP contribution is 2.20. The molecule has 0 spiro atoms. The van der Waals surface area contributed by atoms with Crippen molar-refractivity contribution in [3.05, 3.63) is 0 Å². The summed E-state index contributed by atoms with van der Waals surface area (Å²) in [6.45, 7) is 9.31. The number of hydrogen-bond acceptors (Lipinski definition) is 3. The smallest absolute Gasteiger partial charge is 0.305 e. The molecule has 0 aromatic rings. The fraction of sp³-hybridized carbons (Fsp3) is 0.750. The second-order valence-corrected chi connectivity index (χ2v) is 5.03.